The van der Waals surface area contributed by atoms with Crippen LogP contribution in [0.3, 0.4) is 0 Å². The number of nitrogens with zero attached hydrogens (tertiary/aromatic N) is 3. The minimum Gasteiger partial charge on any atom is -0.391 e. The smallest absolute Gasteiger partial charge is 0.250 e. The molecule has 2 atom stereocenters. The number of hydrogen-bond donors (Lipinski definition) is 2. The van der Waals surface area contributed by atoms with Crippen molar-refractivity contribution in [1.29, 1.82) is 0 Å². The molecule has 3 rings (SSSR count). The minimum absolute atomic E-state index is 0.0515. The number of anilines is 1. The average Bonchev–Trinajstić information content (AvgIpc) is 2.73. The number of aliphatic hydroxyl groups excluding tert-OH is 1. The Hall–Kier alpha value is -1.10. The highest BCUT2D eigenvalue weighted by Crippen LogP contribution is 2.34. The molecule has 0 spiro atoms. The van der Waals surface area contributed by atoms with Gasteiger partial charge in [0.05, 0.1) is 27.6 Å². The van der Waals surface area contributed by atoms with Crippen LogP contribution in [0.25, 0.3) is 5.52 Å². The first-order valence-corrected chi connectivity index (χ1v) is 8.82. The van der Waals surface area contributed by atoms with Crippen molar-refractivity contribution >= 4 is 34.1 Å². The Bertz CT molecular complexity index is 765. The fourth-order valence-corrected chi connectivity index (χ4v) is 4.14. The zero-order valence-corrected chi connectivity index (χ0v) is 15.4. The number of fused-ring (bicyclic) bond motifs is 1. The first-order chi connectivity index (χ1) is 11.2. The SMILES string of the molecule is CC(C)c1c(I)c(F)c2cnc(NC3CCC(F)(F)CC3O)nn12. The summed E-state index contributed by atoms with van der Waals surface area (Å²) in [5, 5.41) is 17.1. The standard InChI is InChI=1S/C15H18F3IN4O/c1-7(2)13-12(19)11(16)9-6-20-14(22-23(9)13)21-8-3-4-15(17,18)5-10(8)24/h6-8,10,24H,3-5H2,1-2H3,(H,21,22). The summed E-state index contributed by atoms with van der Waals surface area (Å²) in [6, 6.07) is -0.552. The number of rotatable bonds is 3. The minimum atomic E-state index is -2.84. The van der Waals surface area contributed by atoms with Crippen molar-refractivity contribution in [2.75, 3.05) is 5.32 Å². The van der Waals surface area contributed by atoms with Gasteiger partial charge in [0.15, 0.2) is 5.82 Å². The van der Waals surface area contributed by atoms with Gasteiger partial charge in [0.1, 0.15) is 5.52 Å². The lowest BCUT2D eigenvalue weighted by atomic mass is 9.90. The van der Waals surface area contributed by atoms with Crippen LogP contribution in [0.5, 0.6) is 0 Å². The molecular weight excluding hydrogens is 436 g/mol. The van der Waals surface area contributed by atoms with E-state index in [2.05, 4.69) is 15.4 Å². The second-order valence-corrected chi connectivity index (χ2v) is 7.54. The molecule has 24 heavy (non-hydrogen) atoms. The van der Waals surface area contributed by atoms with Crippen molar-refractivity contribution < 1.29 is 18.3 Å². The summed E-state index contributed by atoms with van der Waals surface area (Å²) in [4.78, 5) is 4.06. The molecule has 2 heterocycles. The van der Waals surface area contributed by atoms with Gasteiger partial charge < -0.3 is 10.4 Å². The van der Waals surface area contributed by atoms with Crippen LogP contribution in [0, 0.1) is 9.39 Å². The summed E-state index contributed by atoms with van der Waals surface area (Å²) in [5.74, 6) is -2.98. The molecule has 0 saturated heterocycles. The first kappa shape index (κ1) is 17.7. The maximum Gasteiger partial charge on any atom is 0.250 e. The van der Waals surface area contributed by atoms with Crippen LogP contribution in [0.1, 0.15) is 44.7 Å². The van der Waals surface area contributed by atoms with Crippen molar-refractivity contribution in [1.82, 2.24) is 14.6 Å². The lowest BCUT2D eigenvalue weighted by Crippen LogP contribution is -2.44. The van der Waals surface area contributed by atoms with E-state index >= 15 is 0 Å². The summed E-state index contributed by atoms with van der Waals surface area (Å²) in [7, 11) is 0. The van der Waals surface area contributed by atoms with Crippen LogP contribution in [0.15, 0.2) is 6.20 Å². The monoisotopic (exact) mass is 454 g/mol. The van der Waals surface area contributed by atoms with Gasteiger partial charge in [-0.2, -0.15) is 0 Å². The molecule has 1 saturated carbocycles. The molecule has 0 aromatic carbocycles. The van der Waals surface area contributed by atoms with E-state index in [-0.39, 0.29) is 36.0 Å². The lowest BCUT2D eigenvalue weighted by molar-refractivity contribution is -0.0800. The summed E-state index contributed by atoms with van der Waals surface area (Å²) in [6.45, 7) is 3.87. The number of hydrogen-bond acceptors (Lipinski definition) is 4. The van der Waals surface area contributed by atoms with Crippen molar-refractivity contribution in [2.45, 2.75) is 57.1 Å². The fourth-order valence-electron chi connectivity index (χ4n) is 3.01. The third kappa shape index (κ3) is 3.19. The molecule has 1 aliphatic carbocycles. The predicted molar refractivity (Wildman–Crippen MR) is 92.0 cm³/mol. The summed E-state index contributed by atoms with van der Waals surface area (Å²) in [5.41, 5.74) is 0.994. The maximum atomic E-state index is 14.3. The normalized spacial score (nSPS) is 23.8. The second kappa shape index (κ2) is 6.32. The third-order valence-electron chi connectivity index (χ3n) is 4.26. The molecule has 2 aromatic rings. The highest BCUT2D eigenvalue weighted by atomic mass is 127. The average molecular weight is 454 g/mol. The molecule has 9 heteroatoms. The quantitative estimate of drug-likeness (QED) is 0.697. The van der Waals surface area contributed by atoms with Crippen LogP contribution in [-0.4, -0.2) is 37.8 Å². The zero-order valence-electron chi connectivity index (χ0n) is 13.2. The summed E-state index contributed by atoms with van der Waals surface area (Å²) < 4.78 is 42.8. The molecule has 2 N–H and O–H groups in total. The van der Waals surface area contributed by atoms with Gasteiger partial charge in [-0.15, -0.1) is 5.10 Å². The Balaban J connectivity index is 1.90. The molecule has 132 valence electrons. The molecule has 1 fully saturated rings. The molecule has 0 radical (unpaired) electrons. The zero-order chi connectivity index (χ0) is 17.6. The van der Waals surface area contributed by atoms with E-state index in [4.69, 9.17) is 0 Å². The number of alkyl halides is 2. The molecule has 5 nitrogen and oxygen atoms in total. The lowest BCUT2D eigenvalue weighted by Gasteiger charge is -2.33. The van der Waals surface area contributed by atoms with Crippen molar-refractivity contribution in [3.05, 3.63) is 21.3 Å². The first-order valence-electron chi connectivity index (χ1n) is 7.74. The van der Waals surface area contributed by atoms with E-state index < -0.39 is 24.5 Å². The van der Waals surface area contributed by atoms with E-state index in [0.29, 0.717) is 3.57 Å². The van der Waals surface area contributed by atoms with Crippen molar-refractivity contribution in [3.8, 4) is 0 Å². The Morgan fingerprint density at radius 1 is 1.46 bits per heavy atom. The third-order valence-corrected chi connectivity index (χ3v) is 5.28. The maximum absolute atomic E-state index is 14.3. The molecule has 0 aliphatic heterocycles. The van der Waals surface area contributed by atoms with Crippen LogP contribution >= 0.6 is 22.6 Å². The van der Waals surface area contributed by atoms with Crippen molar-refractivity contribution in [2.24, 2.45) is 0 Å². The van der Waals surface area contributed by atoms with E-state index in [1.807, 2.05) is 36.4 Å². The Morgan fingerprint density at radius 3 is 2.79 bits per heavy atom. The van der Waals surface area contributed by atoms with Gasteiger partial charge in [-0.3, -0.25) is 0 Å². The van der Waals surface area contributed by atoms with Gasteiger partial charge in [-0.25, -0.2) is 22.7 Å². The van der Waals surface area contributed by atoms with Crippen LogP contribution < -0.4 is 5.32 Å². The largest absolute Gasteiger partial charge is 0.391 e. The van der Waals surface area contributed by atoms with Gasteiger partial charge in [-0.1, -0.05) is 13.8 Å². The predicted octanol–water partition coefficient (Wildman–Crippen LogP) is 3.56. The molecule has 1 aliphatic rings. The number of aromatic nitrogens is 3. The summed E-state index contributed by atoms with van der Waals surface area (Å²) in [6.07, 6.45) is -0.580. The van der Waals surface area contributed by atoms with E-state index in [1.165, 1.54) is 10.7 Å². The molecule has 0 amide bonds. The fraction of sp³-hybridized carbons (Fsp3) is 0.600. The number of aliphatic hydroxyl groups is 1. The highest BCUT2D eigenvalue weighted by molar-refractivity contribution is 14.1. The highest BCUT2D eigenvalue weighted by Gasteiger charge is 2.41. The van der Waals surface area contributed by atoms with E-state index in [9.17, 15) is 18.3 Å². The molecule has 2 unspecified atom stereocenters. The van der Waals surface area contributed by atoms with Crippen LogP contribution in [0.2, 0.25) is 0 Å². The second-order valence-electron chi connectivity index (χ2n) is 6.46. The summed E-state index contributed by atoms with van der Waals surface area (Å²) >= 11 is 1.94. The van der Waals surface area contributed by atoms with Gasteiger partial charge in [0.2, 0.25) is 5.95 Å². The van der Waals surface area contributed by atoms with Gasteiger partial charge in [0, 0.05) is 12.8 Å². The molecule has 0 bridgehead atoms. The van der Waals surface area contributed by atoms with Gasteiger partial charge in [0.25, 0.3) is 5.92 Å². The topological polar surface area (TPSA) is 62.5 Å². The Labute approximate surface area is 150 Å². The van der Waals surface area contributed by atoms with Crippen LogP contribution in [0.4, 0.5) is 19.1 Å². The molecule has 2 aromatic heterocycles. The number of halogens is 4. The van der Waals surface area contributed by atoms with E-state index in [0.717, 1.165) is 5.69 Å². The number of nitrogens with one attached hydrogen (secondary N) is 1. The van der Waals surface area contributed by atoms with Gasteiger partial charge >= 0.3 is 0 Å². The Kier molecular flexibility index (Phi) is 4.67. The van der Waals surface area contributed by atoms with Gasteiger partial charge in [-0.05, 0) is 34.9 Å². The van der Waals surface area contributed by atoms with Crippen molar-refractivity contribution in [3.63, 3.8) is 0 Å². The van der Waals surface area contributed by atoms with Crippen LogP contribution in [-0.2, 0) is 0 Å². The van der Waals surface area contributed by atoms with E-state index in [1.54, 1.807) is 0 Å². The molecular formula is C15H18F3IN4O. The Morgan fingerprint density at radius 2 is 2.17 bits per heavy atom.